The van der Waals surface area contributed by atoms with Gasteiger partial charge in [0.1, 0.15) is 0 Å². The first kappa shape index (κ1) is 10.4. The number of carbonyl (C=O) groups is 1. The molecule has 76 valence electrons. The largest absolute Gasteiger partial charge is 0.382 e. The maximum Gasteiger partial charge on any atom is 0.247 e. The fourth-order valence-corrected chi connectivity index (χ4v) is 1.21. The van der Waals surface area contributed by atoms with Crippen molar-refractivity contribution < 1.29 is 14.4 Å². The molecule has 1 amide bonds. The van der Waals surface area contributed by atoms with Gasteiger partial charge in [0.15, 0.2) is 0 Å². The van der Waals surface area contributed by atoms with Gasteiger partial charge < -0.3 is 10.1 Å². The predicted octanol–water partition coefficient (Wildman–Crippen LogP) is -0.710. The molecule has 1 aliphatic rings. The zero-order valence-electron chi connectivity index (χ0n) is 7.84. The van der Waals surface area contributed by atoms with Gasteiger partial charge in [0.25, 0.3) is 0 Å². The Morgan fingerprint density at radius 1 is 1.62 bits per heavy atom. The van der Waals surface area contributed by atoms with Gasteiger partial charge in [-0.2, -0.15) is 0 Å². The molecule has 1 fully saturated rings. The highest BCUT2D eigenvalue weighted by Crippen LogP contribution is 2.06. The molecule has 1 heterocycles. The highest BCUT2D eigenvalue weighted by Gasteiger charge is 2.22. The number of ether oxygens (including phenoxy) is 1. The molecule has 1 rings (SSSR count). The van der Waals surface area contributed by atoms with Gasteiger partial charge in [-0.1, -0.05) is 0 Å². The van der Waals surface area contributed by atoms with Crippen molar-refractivity contribution in [1.29, 1.82) is 0 Å². The number of rotatable bonds is 5. The van der Waals surface area contributed by atoms with Crippen LogP contribution in [0.25, 0.3) is 0 Å². The number of hydrogen-bond acceptors (Lipinski definition) is 4. The summed E-state index contributed by atoms with van der Waals surface area (Å²) in [5, 5.41) is 3.11. The molecule has 0 aromatic rings. The normalized spacial score (nSPS) is 21.8. The Labute approximate surface area is 77.7 Å². The minimum atomic E-state index is -0.0406. The van der Waals surface area contributed by atoms with Crippen molar-refractivity contribution >= 4 is 5.91 Å². The second-order valence-corrected chi connectivity index (χ2v) is 3.00. The fraction of sp³-hybridized carbons (Fsp3) is 0.875. The van der Waals surface area contributed by atoms with Gasteiger partial charge >= 0.3 is 0 Å². The lowest BCUT2D eigenvalue weighted by Crippen LogP contribution is -2.32. The molecule has 2 N–H and O–H groups in total. The molecule has 0 radical (unpaired) electrons. The topological polar surface area (TPSA) is 59.6 Å². The van der Waals surface area contributed by atoms with Crippen LogP contribution in [0.3, 0.4) is 0 Å². The third-order valence-corrected chi connectivity index (χ3v) is 1.99. The van der Waals surface area contributed by atoms with Crippen molar-refractivity contribution in [2.24, 2.45) is 5.92 Å². The minimum Gasteiger partial charge on any atom is -0.382 e. The number of nitrogens with one attached hydrogen (secondary N) is 2. The van der Waals surface area contributed by atoms with Crippen molar-refractivity contribution in [1.82, 2.24) is 10.8 Å². The second-order valence-electron chi connectivity index (χ2n) is 3.00. The van der Waals surface area contributed by atoms with Gasteiger partial charge in [0.2, 0.25) is 5.91 Å². The third kappa shape index (κ3) is 3.71. The van der Waals surface area contributed by atoms with E-state index in [1.165, 1.54) is 0 Å². The van der Waals surface area contributed by atoms with Gasteiger partial charge in [-0.15, -0.1) is 0 Å². The Kier molecular flexibility index (Phi) is 4.74. The monoisotopic (exact) mass is 188 g/mol. The zero-order chi connectivity index (χ0) is 9.52. The molecule has 0 aromatic heterocycles. The molecule has 5 nitrogen and oxygen atoms in total. The summed E-state index contributed by atoms with van der Waals surface area (Å²) in [6.45, 7) is 2.54. The Morgan fingerprint density at radius 2 is 2.46 bits per heavy atom. The average Bonchev–Trinajstić information content (AvgIpc) is 2.65. The maximum absolute atomic E-state index is 11.3. The Morgan fingerprint density at radius 3 is 3.08 bits per heavy atom. The van der Waals surface area contributed by atoms with Crippen LogP contribution in [0.2, 0.25) is 0 Å². The maximum atomic E-state index is 11.3. The molecule has 0 spiro atoms. The van der Waals surface area contributed by atoms with E-state index in [-0.39, 0.29) is 11.8 Å². The van der Waals surface area contributed by atoms with Gasteiger partial charge in [-0.25, -0.2) is 5.48 Å². The molecular formula is C8H16N2O3. The van der Waals surface area contributed by atoms with E-state index in [4.69, 9.17) is 9.57 Å². The molecule has 0 saturated carbocycles. The summed E-state index contributed by atoms with van der Waals surface area (Å²) in [5.74, 6) is 0.0173. The van der Waals surface area contributed by atoms with Gasteiger partial charge in [-0.3, -0.25) is 9.63 Å². The van der Waals surface area contributed by atoms with E-state index >= 15 is 0 Å². The first-order chi connectivity index (χ1) is 6.34. The minimum absolute atomic E-state index is 0.0406. The van der Waals surface area contributed by atoms with Gasteiger partial charge in [0.05, 0.1) is 19.1 Å². The second kappa shape index (κ2) is 5.90. The van der Waals surface area contributed by atoms with Crippen LogP contribution in [0, 0.1) is 5.92 Å². The van der Waals surface area contributed by atoms with Crippen LogP contribution in [0.4, 0.5) is 0 Å². The molecule has 5 heteroatoms. The van der Waals surface area contributed by atoms with E-state index in [9.17, 15) is 4.79 Å². The molecule has 1 atom stereocenters. The summed E-state index contributed by atoms with van der Waals surface area (Å²) >= 11 is 0. The summed E-state index contributed by atoms with van der Waals surface area (Å²) in [7, 11) is 1.59. The average molecular weight is 188 g/mol. The van der Waals surface area contributed by atoms with E-state index in [1.807, 2.05) is 0 Å². The summed E-state index contributed by atoms with van der Waals surface area (Å²) in [4.78, 5) is 16.2. The molecule has 1 saturated heterocycles. The molecular weight excluding hydrogens is 172 g/mol. The number of amides is 1. The van der Waals surface area contributed by atoms with Crippen LogP contribution in [-0.2, 0) is 14.4 Å². The van der Waals surface area contributed by atoms with E-state index in [0.29, 0.717) is 13.2 Å². The summed E-state index contributed by atoms with van der Waals surface area (Å²) in [6, 6.07) is 0. The Hall–Kier alpha value is -0.650. The van der Waals surface area contributed by atoms with Crippen LogP contribution >= 0.6 is 0 Å². The SMILES string of the molecule is COCCONC(=O)C1CCNC1. The summed E-state index contributed by atoms with van der Waals surface area (Å²) < 4.78 is 4.76. The lowest BCUT2D eigenvalue weighted by molar-refractivity contribution is -0.138. The van der Waals surface area contributed by atoms with Crippen molar-refractivity contribution in [2.45, 2.75) is 6.42 Å². The van der Waals surface area contributed by atoms with Crippen LogP contribution in [0.15, 0.2) is 0 Å². The van der Waals surface area contributed by atoms with Crippen molar-refractivity contribution in [3.8, 4) is 0 Å². The Balaban J connectivity index is 2.03. The zero-order valence-corrected chi connectivity index (χ0v) is 7.84. The molecule has 0 aromatic carbocycles. The van der Waals surface area contributed by atoms with Gasteiger partial charge in [-0.05, 0) is 13.0 Å². The van der Waals surface area contributed by atoms with Crippen LogP contribution < -0.4 is 10.8 Å². The number of hydrogen-bond donors (Lipinski definition) is 2. The van der Waals surface area contributed by atoms with E-state index < -0.39 is 0 Å². The predicted molar refractivity (Wildman–Crippen MR) is 46.9 cm³/mol. The van der Waals surface area contributed by atoms with Gasteiger partial charge in [0, 0.05) is 13.7 Å². The smallest absolute Gasteiger partial charge is 0.247 e. The van der Waals surface area contributed by atoms with Crippen LogP contribution in [0.5, 0.6) is 0 Å². The van der Waals surface area contributed by atoms with E-state index in [0.717, 1.165) is 19.5 Å². The lowest BCUT2D eigenvalue weighted by Gasteiger charge is -2.09. The molecule has 0 bridgehead atoms. The number of carbonyl (C=O) groups excluding carboxylic acids is 1. The first-order valence-electron chi connectivity index (χ1n) is 4.46. The fourth-order valence-electron chi connectivity index (χ4n) is 1.21. The number of hydroxylamine groups is 1. The lowest BCUT2D eigenvalue weighted by atomic mass is 10.1. The Bertz CT molecular complexity index is 157. The van der Waals surface area contributed by atoms with E-state index in [1.54, 1.807) is 7.11 Å². The number of methoxy groups -OCH3 is 1. The van der Waals surface area contributed by atoms with Crippen LogP contribution in [0.1, 0.15) is 6.42 Å². The molecule has 1 unspecified atom stereocenters. The quantitative estimate of drug-likeness (QED) is 0.442. The standard InChI is InChI=1S/C8H16N2O3/c1-12-4-5-13-10-8(11)7-2-3-9-6-7/h7,9H,2-6H2,1H3,(H,10,11). The molecule has 13 heavy (non-hydrogen) atoms. The summed E-state index contributed by atoms with van der Waals surface area (Å²) in [6.07, 6.45) is 0.888. The molecule has 1 aliphatic heterocycles. The van der Waals surface area contributed by atoms with Crippen molar-refractivity contribution in [2.75, 3.05) is 33.4 Å². The van der Waals surface area contributed by atoms with Crippen molar-refractivity contribution in [3.05, 3.63) is 0 Å². The summed E-state index contributed by atoms with van der Waals surface area (Å²) in [5.41, 5.74) is 2.40. The highest BCUT2D eigenvalue weighted by molar-refractivity contribution is 5.78. The van der Waals surface area contributed by atoms with E-state index in [2.05, 4.69) is 10.8 Å². The third-order valence-electron chi connectivity index (χ3n) is 1.99. The highest BCUT2D eigenvalue weighted by atomic mass is 16.7. The van der Waals surface area contributed by atoms with Crippen LogP contribution in [-0.4, -0.2) is 39.3 Å². The molecule has 0 aliphatic carbocycles. The van der Waals surface area contributed by atoms with Crippen molar-refractivity contribution in [3.63, 3.8) is 0 Å². The first-order valence-corrected chi connectivity index (χ1v) is 4.46.